The zero-order valence-electron chi connectivity index (χ0n) is 30.0. The molecule has 0 spiro atoms. The molecular weight excluding hydrogens is 574 g/mol. The van der Waals surface area contributed by atoms with Gasteiger partial charge in [0.15, 0.2) is 0 Å². The van der Waals surface area contributed by atoms with E-state index in [9.17, 15) is 19.8 Å². The van der Waals surface area contributed by atoms with E-state index in [4.69, 9.17) is 4.74 Å². The van der Waals surface area contributed by atoms with Crippen molar-refractivity contribution in [2.75, 3.05) is 13.2 Å². The molecule has 2 N–H and O–H groups in total. The summed E-state index contributed by atoms with van der Waals surface area (Å²) in [6.45, 7) is 12.7. The lowest BCUT2D eigenvalue weighted by Gasteiger charge is -2.58. The third-order valence-corrected chi connectivity index (χ3v) is 14.0. The van der Waals surface area contributed by atoms with Crippen LogP contribution in [0, 0.1) is 46.3 Å². The summed E-state index contributed by atoms with van der Waals surface area (Å²) in [6.07, 6.45) is 20.9. The number of hydrogen-bond acceptors (Lipinski definition) is 5. The zero-order chi connectivity index (χ0) is 33.1. The summed E-state index contributed by atoms with van der Waals surface area (Å²) in [5, 5.41) is 19.3. The second-order valence-electron chi connectivity index (χ2n) is 17.3. The molecule has 1 heterocycles. The molecule has 10 atom stereocenters. The number of allylic oxidation sites excluding steroid dienone is 1. The number of rotatable bonds is 14. The van der Waals surface area contributed by atoms with E-state index in [1.54, 1.807) is 10.5 Å². The second-order valence-corrected chi connectivity index (χ2v) is 17.3. The highest BCUT2D eigenvalue weighted by Gasteiger charge is 2.59. The SMILES string of the molecule is CC(C)CCC[C@@H](C)[C@H]1CCC2C3CC=C4C[C@@H](OC(=O)CCCCCCC(=O)N5C[C@H](O)C[C@H]5CO)CC[C@]4(C)C3CC[C@@]21C. The van der Waals surface area contributed by atoms with Crippen molar-refractivity contribution >= 4 is 11.9 Å². The Morgan fingerprint density at radius 2 is 1.72 bits per heavy atom. The highest BCUT2D eigenvalue weighted by molar-refractivity contribution is 5.77. The first-order valence-electron chi connectivity index (χ1n) is 19.4. The molecule has 5 rings (SSSR count). The van der Waals surface area contributed by atoms with Crippen molar-refractivity contribution in [1.82, 2.24) is 4.90 Å². The molecule has 4 aliphatic carbocycles. The number of likely N-dealkylation sites (tertiary alicyclic amines) is 1. The number of carbonyl (C=O) groups is 2. The van der Waals surface area contributed by atoms with Crippen LogP contribution in [0.4, 0.5) is 0 Å². The number of ether oxygens (including phenoxy) is 1. The highest BCUT2D eigenvalue weighted by atomic mass is 16.5. The Bertz CT molecular complexity index is 1070. The van der Waals surface area contributed by atoms with Gasteiger partial charge >= 0.3 is 5.97 Å². The van der Waals surface area contributed by atoms with E-state index in [-0.39, 0.29) is 36.0 Å². The van der Waals surface area contributed by atoms with Gasteiger partial charge in [0, 0.05) is 25.8 Å². The van der Waals surface area contributed by atoms with Crippen molar-refractivity contribution in [3.63, 3.8) is 0 Å². The minimum Gasteiger partial charge on any atom is -0.462 e. The molecule has 6 nitrogen and oxygen atoms in total. The van der Waals surface area contributed by atoms with Crippen LogP contribution in [0.3, 0.4) is 0 Å². The van der Waals surface area contributed by atoms with Gasteiger partial charge in [-0.1, -0.05) is 78.4 Å². The van der Waals surface area contributed by atoms with E-state index in [1.807, 2.05) is 0 Å². The first kappa shape index (κ1) is 35.9. The predicted molar refractivity (Wildman–Crippen MR) is 184 cm³/mol. The van der Waals surface area contributed by atoms with E-state index in [1.165, 1.54) is 51.4 Å². The molecule has 0 aromatic heterocycles. The first-order valence-corrected chi connectivity index (χ1v) is 19.4. The third-order valence-electron chi connectivity index (χ3n) is 14.0. The van der Waals surface area contributed by atoms with Crippen LogP contribution < -0.4 is 0 Å². The quantitative estimate of drug-likeness (QED) is 0.113. The lowest BCUT2D eigenvalue weighted by Crippen LogP contribution is -2.51. The Labute approximate surface area is 280 Å². The fourth-order valence-corrected chi connectivity index (χ4v) is 11.4. The summed E-state index contributed by atoms with van der Waals surface area (Å²) in [4.78, 5) is 26.9. The number of aliphatic hydroxyl groups is 2. The van der Waals surface area contributed by atoms with Gasteiger partial charge in [0.2, 0.25) is 5.91 Å². The van der Waals surface area contributed by atoms with Crippen LogP contribution in [0.25, 0.3) is 0 Å². The van der Waals surface area contributed by atoms with E-state index in [0.29, 0.717) is 31.2 Å². The fourth-order valence-electron chi connectivity index (χ4n) is 11.4. The Morgan fingerprint density at radius 3 is 2.46 bits per heavy atom. The molecule has 5 aliphatic rings. The molecule has 0 aromatic rings. The summed E-state index contributed by atoms with van der Waals surface area (Å²) in [5.41, 5.74) is 2.37. The van der Waals surface area contributed by atoms with Gasteiger partial charge in [-0.05, 0) is 111 Å². The van der Waals surface area contributed by atoms with Crippen molar-refractivity contribution in [3.05, 3.63) is 11.6 Å². The largest absolute Gasteiger partial charge is 0.462 e. The number of nitrogens with zero attached hydrogens (tertiary/aromatic N) is 1. The number of hydrogen-bond donors (Lipinski definition) is 2. The molecule has 1 aliphatic heterocycles. The van der Waals surface area contributed by atoms with Crippen molar-refractivity contribution in [1.29, 1.82) is 0 Å². The van der Waals surface area contributed by atoms with Crippen LogP contribution >= 0.6 is 0 Å². The first-order chi connectivity index (χ1) is 22.0. The van der Waals surface area contributed by atoms with Crippen molar-refractivity contribution < 1.29 is 24.5 Å². The second kappa shape index (κ2) is 15.4. The number of β-amino-alcohol motifs (C(OH)–C–C–N with tert-alkyl or cyclic N) is 1. The van der Waals surface area contributed by atoms with Crippen molar-refractivity contribution in [3.8, 4) is 0 Å². The van der Waals surface area contributed by atoms with Crippen LogP contribution in [0.1, 0.15) is 150 Å². The van der Waals surface area contributed by atoms with Crippen molar-refractivity contribution in [2.24, 2.45) is 46.3 Å². The molecule has 46 heavy (non-hydrogen) atoms. The number of amides is 1. The molecule has 3 unspecified atom stereocenters. The summed E-state index contributed by atoms with van der Waals surface area (Å²) in [7, 11) is 0. The van der Waals surface area contributed by atoms with Gasteiger partial charge < -0.3 is 19.8 Å². The van der Waals surface area contributed by atoms with E-state index in [2.05, 4.69) is 40.7 Å². The predicted octanol–water partition coefficient (Wildman–Crippen LogP) is 8.23. The normalized spacial score (nSPS) is 37.8. The van der Waals surface area contributed by atoms with Crippen molar-refractivity contribution in [2.45, 2.75) is 168 Å². The maximum absolute atomic E-state index is 12.8. The number of esters is 1. The average Bonchev–Trinajstić information content (AvgIpc) is 3.58. The average molecular weight is 642 g/mol. The van der Waals surface area contributed by atoms with Gasteiger partial charge in [-0.2, -0.15) is 0 Å². The number of fused-ring (bicyclic) bond motifs is 5. The minimum atomic E-state index is -0.530. The van der Waals surface area contributed by atoms with E-state index >= 15 is 0 Å². The molecule has 1 saturated heterocycles. The fraction of sp³-hybridized carbons (Fsp3) is 0.900. The summed E-state index contributed by atoms with van der Waals surface area (Å²) in [5.74, 6) is 4.99. The standard InChI is InChI=1S/C40H67NO5/c1-27(2)11-10-12-28(3)34-17-18-35-33-16-15-29-23-32(19-21-39(29,4)36(33)20-22-40(34,35)5)46-38(45)14-9-7-6-8-13-37(44)41-25-31(43)24-30(41)26-42/h15,27-28,30-36,42-43H,6-14,16-26H2,1-5H3/t28-,30+,31-,32+,33?,34-,35?,36?,39+,40-/m1/s1. The number of unbranched alkanes of at least 4 members (excludes halogenated alkanes) is 3. The number of carbonyl (C=O) groups excluding carboxylic acids is 2. The highest BCUT2D eigenvalue weighted by Crippen LogP contribution is 2.67. The Hall–Kier alpha value is -1.40. The summed E-state index contributed by atoms with van der Waals surface area (Å²) in [6, 6.07) is -0.252. The van der Waals surface area contributed by atoms with Gasteiger partial charge in [0.05, 0.1) is 18.8 Å². The smallest absolute Gasteiger partial charge is 0.306 e. The van der Waals surface area contributed by atoms with Gasteiger partial charge in [-0.15, -0.1) is 0 Å². The molecular formula is C40H67NO5. The van der Waals surface area contributed by atoms with Crippen LogP contribution in [-0.2, 0) is 14.3 Å². The van der Waals surface area contributed by atoms with Crippen LogP contribution in [0.5, 0.6) is 0 Å². The molecule has 0 bridgehead atoms. The topological polar surface area (TPSA) is 87.1 Å². The lowest BCUT2D eigenvalue weighted by atomic mass is 9.47. The molecule has 6 heteroatoms. The third kappa shape index (κ3) is 7.74. The van der Waals surface area contributed by atoms with Crippen LogP contribution in [0.15, 0.2) is 11.6 Å². The van der Waals surface area contributed by atoms with Gasteiger partial charge in [-0.25, -0.2) is 0 Å². The number of aliphatic hydroxyl groups excluding tert-OH is 2. The van der Waals surface area contributed by atoms with E-state index in [0.717, 1.165) is 80.5 Å². The Morgan fingerprint density at radius 1 is 0.957 bits per heavy atom. The molecule has 4 fully saturated rings. The molecule has 0 aromatic carbocycles. The molecule has 262 valence electrons. The van der Waals surface area contributed by atoms with Crippen LogP contribution in [-0.4, -0.2) is 58.4 Å². The Kier molecular flexibility index (Phi) is 12.0. The lowest BCUT2D eigenvalue weighted by molar-refractivity contribution is -0.151. The summed E-state index contributed by atoms with van der Waals surface area (Å²) >= 11 is 0. The molecule has 3 saturated carbocycles. The van der Waals surface area contributed by atoms with Gasteiger partial charge in [0.25, 0.3) is 0 Å². The minimum absolute atomic E-state index is 0.0134. The maximum Gasteiger partial charge on any atom is 0.306 e. The summed E-state index contributed by atoms with van der Waals surface area (Å²) < 4.78 is 6.05. The van der Waals surface area contributed by atoms with Gasteiger partial charge in [-0.3, -0.25) is 9.59 Å². The Balaban J connectivity index is 1.04. The molecule has 1 amide bonds. The zero-order valence-corrected chi connectivity index (χ0v) is 30.0. The monoisotopic (exact) mass is 642 g/mol. The van der Waals surface area contributed by atoms with Crippen LogP contribution in [0.2, 0.25) is 0 Å². The van der Waals surface area contributed by atoms with Gasteiger partial charge in [0.1, 0.15) is 6.10 Å². The molecule has 0 radical (unpaired) electrons. The maximum atomic E-state index is 12.8. The van der Waals surface area contributed by atoms with E-state index < -0.39 is 6.10 Å².